The molecule has 0 unspecified atom stereocenters. The molecule has 4 rings (SSSR count). The number of nitrogens with one attached hydrogen (secondary N) is 3. The number of aryl methyl sites for hydroxylation is 2. The van der Waals surface area contributed by atoms with Crippen molar-refractivity contribution in [2.75, 3.05) is 30.6 Å². The average Bonchev–Trinajstić information content (AvgIpc) is 3.02. The zero-order valence-corrected chi connectivity index (χ0v) is 25.2. The fourth-order valence-corrected chi connectivity index (χ4v) is 4.75. The predicted molar refractivity (Wildman–Crippen MR) is 172 cm³/mol. The van der Waals surface area contributed by atoms with E-state index in [2.05, 4.69) is 16.0 Å². The molecular weight excluding hydrogens is 562 g/mol. The Morgan fingerprint density at radius 2 is 1.49 bits per heavy atom. The van der Waals surface area contributed by atoms with E-state index in [4.69, 9.17) is 9.47 Å². The van der Waals surface area contributed by atoms with Crippen molar-refractivity contribution in [2.24, 2.45) is 0 Å². The summed E-state index contributed by atoms with van der Waals surface area (Å²) in [5.74, 6) is 0.235. The molecule has 0 fully saturated rings. The SMILES string of the molecule is COc1ccc(OC)c(/C=C(\NC(=O)c2ccccc2)C(=O)Nc2ccc(SCC(=O)Nc3ccc(C)c(C)c3)cc2)c1. The van der Waals surface area contributed by atoms with Crippen LogP contribution in [-0.4, -0.2) is 37.7 Å². The molecule has 9 heteroatoms. The second kappa shape index (κ2) is 14.7. The number of thioether (sulfide) groups is 1. The van der Waals surface area contributed by atoms with Crippen molar-refractivity contribution in [3.8, 4) is 11.5 Å². The molecule has 0 aromatic heterocycles. The highest BCUT2D eigenvalue weighted by atomic mass is 32.2. The zero-order valence-electron chi connectivity index (χ0n) is 24.4. The average molecular weight is 596 g/mol. The molecule has 4 aromatic carbocycles. The summed E-state index contributed by atoms with van der Waals surface area (Å²) in [7, 11) is 3.06. The Hall–Kier alpha value is -5.02. The summed E-state index contributed by atoms with van der Waals surface area (Å²) in [6.45, 7) is 4.03. The van der Waals surface area contributed by atoms with E-state index in [1.54, 1.807) is 67.8 Å². The second-order valence-electron chi connectivity index (χ2n) is 9.60. The lowest BCUT2D eigenvalue weighted by atomic mass is 10.1. The number of hydrogen-bond donors (Lipinski definition) is 3. The van der Waals surface area contributed by atoms with Crippen molar-refractivity contribution < 1.29 is 23.9 Å². The number of ether oxygens (including phenoxy) is 2. The third-order valence-corrected chi connectivity index (χ3v) is 7.55. The lowest BCUT2D eigenvalue weighted by Gasteiger charge is -2.13. The number of hydrogen-bond acceptors (Lipinski definition) is 6. The van der Waals surface area contributed by atoms with Gasteiger partial charge in [0, 0.05) is 27.4 Å². The van der Waals surface area contributed by atoms with Crippen LogP contribution in [0.25, 0.3) is 6.08 Å². The van der Waals surface area contributed by atoms with Gasteiger partial charge in [0.1, 0.15) is 17.2 Å². The van der Waals surface area contributed by atoms with Gasteiger partial charge in [-0.3, -0.25) is 14.4 Å². The highest BCUT2D eigenvalue weighted by Gasteiger charge is 2.17. The molecule has 0 heterocycles. The molecule has 0 aliphatic heterocycles. The molecule has 0 aliphatic rings. The van der Waals surface area contributed by atoms with Gasteiger partial charge in [0.15, 0.2) is 0 Å². The van der Waals surface area contributed by atoms with Crippen LogP contribution in [0.2, 0.25) is 0 Å². The van der Waals surface area contributed by atoms with Gasteiger partial charge in [-0.05, 0) is 97.8 Å². The van der Waals surface area contributed by atoms with Crippen LogP contribution in [0.3, 0.4) is 0 Å². The lowest BCUT2D eigenvalue weighted by Crippen LogP contribution is -2.30. The topological polar surface area (TPSA) is 106 Å². The minimum atomic E-state index is -0.526. The van der Waals surface area contributed by atoms with Gasteiger partial charge in [0.25, 0.3) is 11.8 Å². The van der Waals surface area contributed by atoms with Crippen molar-refractivity contribution >= 4 is 46.9 Å². The van der Waals surface area contributed by atoms with Gasteiger partial charge >= 0.3 is 0 Å². The van der Waals surface area contributed by atoms with Crippen LogP contribution in [0.1, 0.15) is 27.0 Å². The normalized spacial score (nSPS) is 10.9. The van der Waals surface area contributed by atoms with Crippen LogP contribution in [0.5, 0.6) is 11.5 Å². The van der Waals surface area contributed by atoms with Gasteiger partial charge in [-0.25, -0.2) is 0 Å². The maximum Gasteiger partial charge on any atom is 0.272 e. The maximum absolute atomic E-state index is 13.4. The Kier molecular flexibility index (Phi) is 10.6. The zero-order chi connectivity index (χ0) is 30.8. The Morgan fingerprint density at radius 1 is 0.767 bits per heavy atom. The highest BCUT2D eigenvalue weighted by molar-refractivity contribution is 8.00. The molecule has 220 valence electrons. The first-order chi connectivity index (χ1) is 20.7. The molecule has 0 spiro atoms. The first-order valence-electron chi connectivity index (χ1n) is 13.5. The number of rotatable bonds is 11. The fourth-order valence-electron chi connectivity index (χ4n) is 4.05. The smallest absolute Gasteiger partial charge is 0.272 e. The summed E-state index contributed by atoms with van der Waals surface area (Å²) in [5.41, 5.74) is 4.53. The van der Waals surface area contributed by atoms with Crippen LogP contribution in [0, 0.1) is 13.8 Å². The van der Waals surface area contributed by atoms with E-state index in [-0.39, 0.29) is 17.4 Å². The van der Waals surface area contributed by atoms with Crippen molar-refractivity contribution in [2.45, 2.75) is 18.7 Å². The summed E-state index contributed by atoms with van der Waals surface area (Å²) < 4.78 is 10.8. The molecule has 0 aliphatic carbocycles. The third kappa shape index (κ3) is 8.73. The molecule has 3 N–H and O–H groups in total. The highest BCUT2D eigenvalue weighted by Crippen LogP contribution is 2.27. The van der Waals surface area contributed by atoms with Gasteiger partial charge < -0.3 is 25.4 Å². The van der Waals surface area contributed by atoms with E-state index >= 15 is 0 Å². The Balaban J connectivity index is 1.46. The van der Waals surface area contributed by atoms with Gasteiger partial charge in [0.05, 0.1) is 20.0 Å². The summed E-state index contributed by atoms with van der Waals surface area (Å²) in [6, 6.07) is 26.7. The molecule has 0 saturated carbocycles. The van der Waals surface area contributed by atoms with Gasteiger partial charge in [-0.2, -0.15) is 0 Å². The largest absolute Gasteiger partial charge is 0.497 e. The quantitative estimate of drug-likeness (QED) is 0.136. The van der Waals surface area contributed by atoms with Crippen molar-refractivity contribution in [1.29, 1.82) is 0 Å². The molecule has 43 heavy (non-hydrogen) atoms. The predicted octanol–water partition coefficient (Wildman–Crippen LogP) is 6.46. The third-order valence-electron chi connectivity index (χ3n) is 6.54. The van der Waals surface area contributed by atoms with Crippen molar-refractivity contribution in [1.82, 2.24) is 5.32 Å². The molecule has 0 radical (unpaired) electrons. The van der Waals surface area contributed by atoms with Gasteiger partial charge in [-0.1, -0.05) is 24.3 Å². The summed E-state index contributed by atoms with van der Waals surface area (Å²) in [5, 5.41) is 8.48. The van der Waals surface area contributed by atoms with Crippen LogP contribution in [0.4, 0.5) is 11.4 Å². The monoisotopic (exact) mass is 595 g/mol. The maximum atomic E-state index is 13.4. The number of carbonyl (C=O) groups is 3. The van der Waals surface area contributed by atoms with Gasteiger partial charge in [0.2, 0.25) is 5.91 Å². The number of methoxy groups -OCH3 is 2. The van der Waals surface area contributed by atoms with E-state index in [1.165, 1.54) is 30.5 Å². The summed E-state index contributed by atoms with van der Waals surface area (Å²) in [4.78, 5) is 39.7. The molecular formula is C34H33N3O5S. The molecule has 0 bridgehead atoms. The number of amides is 3. The lowest BCUT2D eigenvalue weighted by molar-refractivity contribution is -0.114. The number of anilines is 2. The minimum absolute atomic E-state index is 0.0156. The van der Waals surface area contributed by atoms with Crippen molar-refractivity contribution in [3.63, 3.8) is 0 Å². The van der Waals surface area contributed by atoms with E-state index < -0.39 is 11.8 Å². The summed E-state index contributed by atoms with van der Waals surface area (Å²) >= 11 is 1.39. The summed E-state index contributed by atoms with van der Waals surface area (Å²) in [6.07, 6.45) is 1.54. The minimum Gasteiger partial charge on any atom is -0.497 e. The molecule has 3 amide bonds. The number of carbonyl (C=O) groups excluding carboxylic acids is 3. The van der Waals surface area contributed by atoms with E-state index in [0.717, 1.165) is 16.1 Å². The van der Waals surface area contributed by atoms with Gasteiger partial charge in [-0.15, -0.1) is 11.8 Å². The second-order valence-corrected chi connectivity index (χ2v) is 10.6. The van der Waals surface area contributed by atoms with Crippen LogP contribution in [-0.2, 0) is 9.59 Å². The Bertz CT molecular complexity index is 1640. The van der Waals surface area contributed by atoms with Crippen LogP contribution < -0.4 is 25.4 Å². The van der Waals surface area contributed by atoms with E-state index in [0.29, 0.717) is 28.3 Å². The Morgan fingerprint density at radius 3 is 2.16 bits per heavy atom. The first kappa shape index (κ1) is 30.9. The Labute approximate surface area is 255 Å². The van der Waals surface area contributed by atoms with E-state index in [9.17, 15) is 14.4 Å². The molecule has 4 aromatic rings. The molecule has 0 atom stereocenters. The van der Waals surface area contributed by atoms with Crippen LogP contribution in [0.15, 0.2) is 102 Å². The van der Waals surface area contributed by atoms with Crippen LogP contribution >= 0.6 is 11.8 Å². The standard InChI is InChI=1S/C34H33N3O5S/c1-22-10-11-27(18-23(22)2)35-32(38)21-43-29-15-12-26(13-16-29)36-34(40)30(37-33(39)24-8-6-5-7-9-24)20-25-19-28(41-3)14-17-31(25)42-4/h5-20H,21H2,1-4H3,(H,35,38)(H,36,40)(H,37,39)/b30-20-. The molecule has 0 saturated heterocycles. The fraction of sp³-hybridized carbons (Fsp3) is 0.147. The first-order valence-corrected chi connectivity index (χ1v) is 14.5. The number of benzene rings is 4. The molecule has 8 nitrogen and oxygen atoms in total. The van der Waals surface area contributed by atoms with E-state index in [1.807, 2.05) is 44.2 Å². The van der Waals surface area contributed by atoms with Crippen molar-refractivity contribution in [3.05, 3.63) is 119 Å².